The first-order valence-corrected chi connectivity index (χ1v) is 9.35. The first kappa shape index (κ1) is 18.6. The van der Waals surface area contributed by atoms with E-state index in [2.05, 4.69) is 26.0 Å². The van der Waals surface area contributed by atoms with Crippen molar-refractivity contribution in [1.82, 2.24) is 10.0 Å². The highest BCUT2D eigenvalue weighted by atomic mass is 79.9. The maximum absolute atomic E-state index is 12.2. The molecule has 2 N–H and O–H groups in total. The fourth-order valence-corrected chi connectivity index (χ4v) is 3.69. The summed E-state index contributed by atoms with van der Waals surface area (Å²) >= 11 is 3.15. The van der Waals surface area contributed by atoms with E-state index in [-0.39, 0.29) is 9.56 Å². The predicted molar refractivity (Wildman–Crippen MR) is 84.7 cm³/mol. The summed E-state index contributed by atoms with van der Waals surface area (Å²) in [6, 6.07) is 1.53. The molecule has 1 heterocycles. The quantitative estimate of drug-likeness (QED) is 0.573. The number of halogens is 1. The number of nitrogens with one attached hydrogen (secondary N) is 2. The molecule has 0 amide bonds. The Morgan fingerprint density at radius 2 is 2.10 bits per heavy atom. The summed E-state index contributed by atoms with van der Waals surface area (Å²) in [5, 5.41) is 3.08. The summed E-state index contributed by atoms with van der Waals surface area (Å²) in [5.41, 5.74) is 0. The summed E-state index contributed by atoms with van der Waals surface area (Å²) in [6.45, 7) is 6.88. The first-order chi connectivity index (χ1) is 10.0. The SMILES string of the molecule is CCCOCCCNS(=O)(=O)c1cc(CNCC)oc1Br. The zero-order chi connectivity index (χ0) is 15.7. The van der Waals surface area contributed by atoms with Crippen molar-refractivity contribution < 1.29 is 17.6 Å². The zero-order valence-corrected chi connectivity index (χ0v) is 14.8. The lowest BCUT2D eigenvalue weighted by molar-refractivity contribution is 0.133. The normalized spacial score (nSPS) is 12.0. The monoisotopic (exact) mass is 382 g/mol. The van der Waals surface area contributed by atoms with E-state index in [1.807, 2.05) is 13.8 Å². The summed E-state index contributed by atoms with van der Waals surface area (Å²) in [4.78, 5) is 0.130. The molecule has 122 valence electrons. The lowest BCUT2D eigenvalue weighted by Gasteiger charge is -2.05. The lowest BCUT2D eigenvalue weighted by atomic mass is 10.4. The van der Waals surface area contributed by atoms with E-state index in [0.29, 0.717) is 38.5 Å². The summed E-state index contributed by atoms with van der Waals surface area (Å²) in [6.07, 6.45) is 1.60. The number of furan rings is 1. The van der Waals surface area contributed by atoms with Gasteiger partial charge in [-0.15, -0.1) is 0 Å². The highest BCUT2D eigenvalue weighted by molar-refractivity contribution is 9.10. The molecular formula is C13H23BrN2O4S. The van der Waals surface area contributed by atoms with E-state index >= 15 is 0 Å². The van der Waals surface area contributed by atoms with Gasteiger partial charge < -0.3 is 14.5 Å². The standard InChI is InChI=1S/C13H23BrN2O4S/c1-3-7-19-8-5-6-16-21(17,18)12-9-11(10-15-4-2)20-13(12)14/h9,15-16H,3-8,10H2,1-2H3. The Morgan fingerprint density at radius 3 is 2.76 bits per heavy atom. The van der Waals surface area contributed by atoms with Gasteiger partial charge in [-0.1, -0.05) is 13.8 Å². The van der Waals surface area contributed by atoms with Crippen molar-refractivity contribution in [2.45, 2.75) is 38.1 Å². The van der Waals surface area contributed by atoms with Crippen LogP contribution < -0.4 is 10.0 Å². The van der Waals surface area contributed by atoms with E-state index in [1.165, 1.54) is 6.07 Å². The van der Waals surface area contributed by atoms with Crippen LogP contribution in [0, 0.1) is 0 Å². The molecule has 0 saturated heterocycles. The van der Waals surface area contributed by atoms with Crippen molar-refractivity contribution in [1.29, 1.82) is 0 Å². The van der Waals surface area contributed by atoms with E-state index < -0.39 is 10.0 Å². The Hall–Kier alpha value is -0.410. The van der Waals surface area contributed by atoms with Crippen molar-refractivity contribution in [3.63, 3.8) is 0 Å². The van der Waals surface area contributed by atoms with Gasteiger partial charge in [0, 0.05) is 25.8 Å². The smallest absolute Gasteiger partial charge is 0.244 e. The Balaban J connectivity index is 2.51. The van der Waals surface area contributed by atoms with Crippen LogP contribution in [-0.4, -0.2) is 34.7 Å². The molecule has 0 unspecified atom stereocenters. The van der Waals surface area contributed by atoms with Crippen molar-refractivity contribution in [3.05, 3.63) is 16.5 Å². The number of rotatable bonds is 11. The zero-order valence-electron chi connectivity index (χ0n) is 12.4. The van der Waals surface area contributed by atoms with Gasteiger partial charge in [0.05, 0.1) is 6.54 Å². The van der Waals surface area contributed by atoms with Crippen LogP contribution in [0.2, 0.25) is 0 Å². The maximum atomic E-state index is 12.2. The molecule has 1 aromatic heterocycles. The Bertz CT molecular complexity index is 516. The number of sulfonamides is 1. The summed E-state index contributed by atoms with van der Waals surface area (Å²) in [7, 11) is -3.56. The fraction of sp³-hybridized carbons (Fsp3) is 0.692. The van der Waals surface area contributed by atoms with Crippen molar-refractivity contribution in [3.8, 4) is 0 Å². The van der Waals surface area contributed by atoms with Crippen LogP contribution in [0.3, 0.4) is 0 Å². The highest BCUT2D eigenvalue weighted by Crippen LogP contribution is 2.25. The predicted octanol–water partition coefficient (Wildman–Crippen LogP) is 2.25. The van der Waals surface area contributed by atoms with Gasteiger partial charge in [-0.05, 0) is 35.3 Å². The van der Waals surface area contributed by atoms with Crippen molar-refractivity contribution >= 4 is 26.0 Å². The third-order valence-electron chi connectivity index (χ3n) is 2.65. The molecule has 0 saturated carbocycles. The third-order valence-corrected chi connectivity index (χ3v) is 4.97. The van der Waals surface area contributed by atoms with Gasteiger partial charge in [0.15, 0.2) is 4.67 Å². The molecule has 1 rings (SSSR count). The second kappa shape index (κ2) is 9.58. The van der Waals surface area contributed by atoms with E-state index in [0.717, 1.165) is 13.0 Å². The topological polar surface area (TPSA) is 80.6 Å². The van der Waals surface area contributed by atoms with Crippen LogP contribution in [0.4, 0.5) is 0 Å². The molecule has 6 nitrogen and oxygen atoms in total. The second-order valence-electron chi connectivity index (χ2n) is 4.49. The fourth-order valence-electron chi connectivity index (χ4n) is 1.62. The van der Waals surface area contributed by atoms with Crippen LogP contribution in [-0.2, 0) is 21.3 Å². The minimum Gasteiger partial charge on any atom is -0.452 e. The average Bonchev–Trinajstić information content (AvgIpc) is 2.82. The largest absolute Gasteiger partial charge is 0.452 e. The van der Waals surface area contributed by atoms with E-state index in [9.17, 15) is 8.42 Å². The molecule has 0 bridgehead atoms. The molecule has 0 fully saturated rings. The van der Waals surface area contributed by atoms with Gasteiger partial charge in [0.25, 0.3) is 0 Å². The summed E-state index contributed by atoms with van der Waals surface area (Å²) in [5.74, 6) is 0.579. The summed E-state index contributed by atoms with van der Waals surface area (Å²) < 4.78 is 37.8. The van der Waals surface area contributed by atoms with Crippen LogP contribution >= 0.6 is 15.9 Å². The molecule has 0 atom stereocenters. The minimum absolute atomic E-state index is 0.130. The molecular weight excluding hydrogens is 360 g/mol. The number of hydrogen-bond acceptors (Lipinski definition) is 5. The van der Waals surface area contributed by atoms with Gasteiger partial charge in [-0.2, -0.15) is 0 Å². The molecule has 0 aromatic carbocycles. The van der Waals surface area contributed by atoms with Crippen LogP contribution in [0.1, 0.15) is 32.4 Å². The molecule has 0 aliphatic rings. The first-order valence-electron chi connectivity index (χ1n) is 7.07. The molecule has 0 aliphatic heterocycles. The Morgan fingerprint density at radius 1 is 1.33 bits per heavy atom. The van der Waals surface area contributed by atoms with E-state index in [4.69, 9.17) is 9.15 Å². The molecule has 0 radical (unpaired) electrons. The molecule has 1 aromatic rings. The van der Waals surface area contributed by atoms with E-state index in [1.54, 1.807) is 0 Å². The molecule has 21 heavy (non-hydrogen) atoms. The van der Waals surface area contributed by atoms with Gasteiger partial charge in [0.2, 0.25) is 10.0 Å². The van der Waals surface area contributed by atoms with Gasteiger partial charge in [0.1, 0.15) is 10.7 Å². The van der Waals surface area contributed by atoms with Gasteiger partial charge >= 0.3 is 0 Å². The molecule has 0 spiro atoms. The number of ether oxygens (including phenoxy) is 1. The van der Waals surface area contributed by atoms with Crippen LogP contribution in [0.15, 0.2) is 20.0 Å². The Labute approximate surface area is 134 Å². The van der Waals surface area contributed by atoms with Gasteiger partial charge in [-0.3, -0.25) is 0 Å². The van der Waals surface area contributed by atoms with Crippen LogP contribution in [0.25, 0.3) is 0 Å². The molecule has 0 aliphatic carbocycles. The lowest BCUT2D eigenvalue weighted by Crippen LogP contribution is -2.25. The second-order valence-corrected chi connectivity index (χ2v) is 6.95. The Kier molecular flexibility index (Phi) is 8.50. The van der Waals surface area contributed by atoms with Crippen LogP contribution in [0.5, 0.6) is 0 Å². The van der Waals surface area contributed by atoms with Gasteiger partial charge in [-0.25, -0.2) is 13.1 Å². The number of hydrogen-bond donors (Lipinski definition) is 2. The molecule has 8 heteroatoms. The average molecular weight is 383 g/mol. The highest BCUT2D eigenvalue weighted by Gasteiger charge is 2.21. The van der Waals surface area contributed by atoms with Crippen molar-refractivity contribution in [2.24, 2.45) is 0 Å². The third kappa shape index (κ3) is 6.48. The van der Waals surface area contributed by atoms with Crippen molar-refractivity contribution in [2.75, 3.05) is 26.3 Å². The maximum Gasteiger partial charge on any atom is 0.244 e. The minimum atomic E-state index is -3.56.